The quantitative estimate of drug-likeness (QED) is 0.665. The van der Waals surface area contributed by atoms with E-state index in [0.717, 1.165) is 32.2 Å². The Morgan fingerprint density at radius 3 is 2.61 bits per heavy atom. The molecule has 2 atom stereocenters. The first kappa shape index (κ1) is 17.5. The number of halogens is 1. The molecule has 2 amide bonds. The number of carbonyl (C=O) groups excluding carboxylic acids is 2. The molecule has 1 aromatic heterocycles. The molecule has 2 aromatic carbocycles. The summed E-state index contributed by atoms with van der Waals surface area (Å²) in [7, 11) is 0. The molecule has 1 fully saturated rings. The average Bonchev–Trinajstić information content (AvgIpc) is 3.08. The molecule has 0 bridgehead atoms. The van der Waals surface area contributed by atoms with Gasteiger partial charge in [0.05, 0.1) is 12.6 Å². The molecule has 5 rings (SSSR count). The minimum Gasteiger partial charge on any atom is -0.356 e. The molecule has 1 saturated heterocycles. The number of rotatable bonds is 2. The number of amides is 2. The van der Waals surface area contributed by atoms with Crippen LogP contribution in [0.1, 0.15) is 29.8 Å². The molecule has 3 heterocycles. The number of aromatic amines is 1. The Hall–Kier alpha value is -2.60. The predicted molar refractivity (Wildman–Crippen MR) is 111 cm³/mol. The summed E-state index contributed by atoms with van der Waals surface area (Å²) in [5.74, 6) is 0.0452. The highest BCUT2D eigenvalue weighted by Crippen LogP contribution is 2.42. The fourth-order valence-corrected chi connectivity index (χ4v) is 4.85. The van der Waals surface area contributed by atoms with E-state index < -0.39 is 6.04 Å². The standard InChI is InChI=1S/C22H20BrN3O2/c1-2-25-12-19(27)26-18(22(25)28)11-16-15-5-3-4-6-17(15)24-20(16)21(26)13-7-9-14(23)10-8-13/h3-10,18,21,24H,2,11-12H2,1H3/t18-,21-/m0/s1. The Bertz CT molecular complexity index is 1090. The van der Waals surface area contributed by atoms with E-state index in [1.165, 1.54) is 0 Å². The van der Waals surface area contributed by atoms with Gasteiger partial charge in [-0.1, -0.05) is 46.3 Å². The molecule has 142 valence electrons. The van der Waals surface area contributed by atoms with Gasteiger partial charge in [-0.25, -0.2) is 0 Å². The van der Waals surface area contributed by atoms with Gasteiger partial charge >= 0.3 is 0 Å². The molecule has 0 saturated carbocycles. The van der Waals surface area contributed by atoms with Crippen molar-refractivity contribution in [1.29, 1.82) is 0 Å². The number of fused-ring (bicyclic) bond motifs is 4. The van der Waals surface area contributed by atoms with Crippen LogP contribution < -0.4 is 0 Å². The van der Waals surface area contributed by atoms with Gasteiger partial charge in [0.15, 0.2) is 0 Å². The number of hydrogen-bond acceptors (Lipinski definition) is 2. The first-order valence-electron chi connectivity index (χ1n) is 9.53. The highest BCUT2D eigenvalue weighted by Gasteiger charge is 2.47. The lowest BCUT2D eigenvalue weighted by Crippen LogP contribution is -2.62. The molecule has 28 heavy (non-hydrogen) atoms. The summed E-state index contributed by atoms with van der Waals surface area (Å²) in [6.45, 7) is 2.63. The number of para-hydroxylation sites is 1. The van der Waals surface area contributed by atoms with Crippen molar-refractivity contribution in [3.05, 3.63) is 69.8 Å². The van der Waals surface area contributed by atoms with E-state index in [2.05, 4.69) is 27.0 Å². The van der Waals surface area contributed by atoms with Crippen molar-refractivity contribution < 1.29 is 9.59 Å². The Kier molecular flexibility index (Phi) is 4.05. The van der Waals surface area contributed by atoms with E-state index in [0.29, 0.717) is 13.0 Å². The third-order valence-corrected chi connectivity index (χ3v) is 6.44. The van der Waals surface area contributed by atoms with Gasteiger partial charge < -0.3 is 14.8 Å². The van der Waals surface area contributed by atoms with Gasteiger partial charge in [0.2, 0.25) is 11.8 Å². The van der Waals surface area contributed by atoms with Crippen molar-refractivity contribution in [1.82, 2.24) is 14.8 Å². The minimum atomic E-state index is -0.457. The van der Waals surface area contributed by atoms with Crippen molar-refractivity contribution in [3.63, 3.8) is 0 Å². The Morgan fingerprint density at radius 2 is 1.86 bits per heavy atom. The molecule has 1 N–H and O–H groups in total. The lowest BCUT2D eigenvalue weighted by molar-refractivity contribution is -0.158. The lowest BCUT2D eigenvalue weighted by Gasteiger charge is -2.47. The summed E-state index contributed by atoms with van der Waals surface area (Å²) in [6.07, 6.45) is 0.549. The topological polar surface area (TPSA) is 56.4 Å². The van der Waals surface area contributed by atoms with E-state index in [9.17, 15) is 9.59 Å². The zero-order valence-corrected chi connectivity index (χ0v) is 17.1. The number of likely N-dealkylation sites (N-methyl/N-ethyl adjacent to an activating group) is 1. The normalized spacial score (nSPS) is 21.8. The monoisotopic (exact) mass is 437 g/mol. The van der Waals surface area contributed by atoms with Crippen LogP contribution in [0.5, 0.6) is 0 Å². The fraction of sp³-hybridized carbons (Fsp3) is 0.273. The second-order valence-electron chi connectivity index (χ2n) is 7.39. The third-order valence-electron chi connectivity index (χ3n) is 5.91. The maximum absolute atomic E-state index is 13.1. The van der Waals surface area contributed by atoms with Crippen LogP contribution in [0.4, 0.5) is 0 Å². The predicted octanol–water partition coefficient (Wildman–Crippen LogP) is 3.64. The van der Waals surface area contributed by atoms with Crippen LogP contribution in [0.15, 0.2) is 53.0 Å². The Morgan fingerprint density at radius 1 is 1.11 bits per heavy atom. The number of benzene rings is 2. The molecule has 0 aliphatic carbocycles. The van der Waals surface area contributed by atoms with Crippen LogP contribution >= 0.6 is 15.9 Å². The van der Waals surface area contributed by atoms with Crippen molar-refractivity contribution in [3.8, 4) is 0 Å². The summed E-state index contributed by atoms with van der Waals surface area (Å²) in [5, 5.41) is 1.13. The van der Waals surface area contributed by atoms with Crippen LogP contribution in [-0.2, 0) is 16.0 Å². The fourth-order valence-electron chi connectivity index (χ4n) is 4.58. The van der Waals surface area contributed by atoms with E-state index >= 15 is 0 Å². The van der Waals surface area contributed by atoms with E-state index in [1.54, 1.807) is 9.80 Å². The number of nitrogens with one attached hydrogen (secondary N) is 1. The maximum Gasteiger partial charge on any atom is 0.246 e. The second kappa shape index (κ2) is 6.48. The highest BCUT2D eigenvalue weighted by atomic mass is 79.9. The van der Waals surface area contributed by atoms with Crippen molar-refractivity contribution in [2.75, 3.05) is 13.1 Å². The first-order chi connectivity index (χ1) is 13.6. The molecule has 3 aromatic rings. The van der Waals surface area contributed by atoms with Crippen LogP contribution in [0.25, 0.3) is 10.9 Å². The van der Waals surface area contributed by atoms with E-state index in [1.807, 2.05) is 49.4 Å². The number of carbonyl (C=O) groups is 2. The molecular formula is C22H20BrN3O2. The largest absolute Gasteiger partial charge is 0.356 e. The molecule has 0 unspecified atom stereocenters. The minimum absolute atomic E-state index is 0.00340. The zero-order chi connectivity index (χ0) is 19.4. The number of H-pyrrole nitrogens is 1. The summed E-state index contributed by atoms with van der Waals surface area (Å²) in [5.41, 5.74) is 4.21. The van der Waals surface area contributed by atoms with Crippen molar-refractivity contribution >= 4 is 38.6 Å². The lowest BCUT2D eigenvalue weighted by atomic mass is 9.86. The van der Waals surface area contributed by atoms with Crippen molar-refractivity contribution in [2.24, 2.45) is 0 Å². The average molecular weight is 438 g/mol. The maximum atomic E-state index is 13.1. The van der Waals surface area contributed by atoms with Crippen molar-refractivity contribution in [2.45, 2.75) is 25.4 Å². The summed E-state index contributed by atoms with van der Waals surface area (Å²) in [6, 6.07) is 15.4. The van der Waals surface area contributed by atoms with Gasteiger partial charge in [-0.3, -0.25) is 9.59 Å². The number of hydrogen-bond donors (Lipinski definition) is 1. The smallest absolute Gasteiger partial charge is 0.246 e. The summed E-state index contributed by atoms with van der Waals surface area (Å²) in [4.78, 5) is 33.3. The molecule has 0 radical (unpaired) electrons. The molecule has 5 nitrogen and oxygen atoms in total. The van der Waals surface area contributed by atoms with Gasteiger partial charge in [-0.05, 0) is 36.2 Å². The number of piperazine rings is 1. The Labute approximate surface area is 171 Å². The summed E-state index contributed by atoms with van der Waals surface area (Å²) >= 11 is 3.49. The summed E-state index contributed by atoms with van der Waals surface area (Å²) < 4.78 is 0.985. The zero-order valence-electron chi connectivity index (χ0n) is 15.5. The SMILES string of the molecule is CCN1CC(=O)N2[C@@H](c3ccc(Br)cc3)c3[nH]c4ccccc4c3C[C@H]2C1=O. The molecule has 6 heteroatoms. The molecule has 0 spiro atoms. The van der Waals surface area contributed by atoms with Gasteiger partial charge in [-0.2, -0.15) is 0 Å². The van der Waals surface area contributed by atoms with Gasteiger partial charge in [0.25, 0.3) is 0 Å². The van der Waals surface area contributed by atoms with E-state index in [-0.39, 0.29) is 24.4 Å². The highest BCUT2D eigenvalue weighted by molar-refractivity contribution is 9.10. The van der Waals surface area contributed by atoms with Crippen LogP contribution in [0.3, 0.4) is 0 Å². The van der Waals surface area contributed by atoms with Crippen LogP contribution in [-0.4, -0.2) is 45.7 Å². The van der Waals surface area contributed by atoms with E-state index in [4.69, 9.17) is 0 Å². The number of aromatic nitrogens is 1. The van der Waals surface area contributed by atoms with Gasteiger partial charge in [0, 0.05) is 34.0 Å². The second-order valence-corrected chi connectivity index (χ2v) is 8.31. The van der Waals surface area contributed by atoms with Gasteiger partial charge in [-0.15, -0.1) is 0 Å². The molecule has 2 aliphatic rings. The van der Waals surface area contributed by atoms with Crippen LogP contribution in [0.2, 0.25) is 0 Å². The Balaban J connectivity index is 1.74. The molecule has 2 aliphatic heterocycles. The molecular weight excluding hydrogens is 418 g/mol. The first-order valence-corrected chi connectivity index (χ1v) is 10.3. The number of nitrogens with zero attached hydrogens (tertiary/aromatic N) is 2. The van der Waals surface area contributed by atoms with Gasteiger partial charge in [0.1, 0.15) is 6.04 Å². The van der Waals surface area contributed by atoms with Crippen LogP contribution in [0, 0.1) is 0 Å². The third kappa shape index (κ3) is 2.51.